The lowest BCUT2D eigenvalue weighted by molar-refractivity contribution is -0.0285. The molecule has 2 aromatic heterocycles. The van der Waals surface area contributed by atoms with Crippen molar-refractivity contribution >= 4 is 6.03 Å². The van der Waals surface area contributed by atoms with Gasteiger partial charge in [-0.2, -0.15) is 4.98 Å². The summed E-state index contributed by atoms with van der Waals surface area (Å²) in [6.07, 6.45) is 9.12. The average molecular weight is 383 g/mol. The second-order valence-electron chi connectivity index (χ2n) is 9.14. The number of carbonyl (C=O) groups is 1. The fraction of sp³-hybridized carbons (Fsp3) is 0.619. The number of carbonyl (C=O) groups excluding carboxylic acids is 1. The Morgan fingerprint density at radius 1 is 1.25 bits per heavy atom. The highest BCUT2D eigenvalue weighted by Crippen LogP contribution is 2.49. The highest BCUT2D eigenvalue weighted by molar-refractivity contribution is 5.76. The molecule has 2 aromatic rings. The summed E-state index contributed by atoms with van der Waals surface area (Å²) in [5.41, 5.74) is 0.453. The number of piperidine rings is 2. The second-order valence-corrected chi connectivity index (χ2v) is 9.14. The van der Waals surface area contributed by atoms with Crippen LogP contribution >= 0.6 is 0 Å². The lowest BCUT2D eigenvalue weighted by Gasteiger charge is -2.52. The lowest BCUT2D eigenvalue weighted by Crippen LogP contribution is -2.62. The summed E-state index contributed by atoms with van der Waals surface area (Å²) in [5, 5.41) is 7.34. The molecule has 0 atom stereocenters. The van der Waals surface area contributed by atoms with Crippen molar-refractivity contribution in [3.8, 4) is 0 Å². The van der Waals surface area contributed by atoms with Crippen LogP contribution in [0.3, 0.4) is 0 Å². The van der Waals surface area contributed by atoms with Crippen LogP contribution in [0.15, 0.2) is 29.0 Å². The molecule has 2 bridgehead atoms. The van der Waals surface area contributed by atoms with Gasteiger partial charge in [0.2, 0.25) is 0 Å². The first-order valence-corrected chi connectivity index (χ1v) is 10.2. The minimum Gasteiger partial charge on any atom is -0.337 e. The molecule has 5 rings (SSSR count). The van der Waals surface area contributed by atoms with E-state index >= 15 is 0 Å². The van der Waals surface area contributed by atoms with E-state index in [1.54, 1.807) is 12.4 Å². The first kappa shape index (κ1) is 18.9. The number of nitrogens with zero attached hydrogens (tertiary/aromatic N) is 4. The molecule has 2 amide bonds. The molecular formula is C21H29N5O2. The highest BCUT2D eigenvalue weighted by atomic mass is 16.5. The number of hydrogen-bond donors (Lipinski definition) is 1. The molecule has 2 saturated heterocycles. The maximum absolute atomic E-state index is 13.0. The van der Waals surface area contributed by atoms with Crippen molar-refractivity contribution in [3.63, 3.8) is 0 Å². The van der Waals surface area contributed by atoms with Crippen LogP contribution in [0.1, 0.15) is 63.7 Å². The first-order chi connectivity index (χ1) is 13.4. The third kappa shape index (κ3) is 3.75. The summed E-state index contributed by atoms with van der Waals surface area (Å²) in [4.78, 5) is 23.8. The Kier molecular flexibility index (Phi) is 4.85. The van der Waals surface area contributed by atoms with Crippen molar-refractivity contribution in [1.82, 2.24) is 25.3 Å². The maximum atomic E-state index is 13.0. The van der Waals surface area contributed by atoms with Crippen molar-refractivity contribution in [1.29, 1.82) is 0 Å². The summed E-state index contributed by atoms with van der Waals surface area (Å²) >= 11 is 0. The number of aryl methyl sites for hydroxylation is 2. The lowest BCUT2D eigenvalue weighted by atomic mass is 9.70. The van der Waals surface area contributed by atoms with E-state index in [9.17, 15) is 4.79 Å². The first-order valence-electron chi connectivity index (χ1n) is 10.2. The molecule has 1 N–H and O–H groups in total. The highest BCUT2D eigenvalue weighted by Gasteiger charge is 2.53. The fourth-order valence-corrected chi connectivity index (χ4v) is 4.39. The molecule has 7 nitrogen and oxygen atoms in total. The number of pyridine rings is 1. The summed E-state index contributed by atoms with van der Waals surface area (Å²) in [7, 11) is 0. The molecule has 7 heteroatoms. The van der Waals surface area contributed by atoms with Crippen LogP contribution in [0.25, 0.3) is 0 Å². The van der Waals surface area contributed by atoms with E-state index in [0.717, 1.165) is 38.6 Å². The summed E-state index contributed by atoms with van der Waals surface area (Å²) < 4.78 is 5.73. The van der Waals surface area contributed by atoms with Gasteiger partial charge in [0.05, 0.1) is 0 Å². The van der Waals surface area contributed by atoms with Crippen molar-refractivity contribution in [3.05, 3.63) is 41.8 Å². The molecule has 3 aliphatic rings. The van der Waals surface area contributed by atoms with Crippen LogP contribution in [0.2, 0.25) is 0 Å². The van der Waals surface area contributed by atoms with Crippen LogP contribution < -0.4 is 5.32 Å². The number of rotatable bonds is 4. The largest absolute Gasteiger partial charge is 0.337 e. The van der Waals surface area contributed by atoms with Gasteiger partial charge >= 0.3 is 6.03 Å². The Morgan fingerprint density at radius 3 is 2.64 bits per heavy atom. The zero-order valence-corrected chi connectivity index (χ0v) is 16.9. The van der Waals surface area contributed by atoms with Gasteiger partial charge in [0.25, 0.3) is 5.89 Å². The van der Waals surface area contributed by atoms with E-state index in [2.05, 4.69) is 15.5 Å². The Bertz CT molecular complexity index is 819. The van der Waals surface area contributed by atoms with E-state index in [-0.39, 0.29) is 11.6 Å². The zero-order chi connectivity index (χ0) is 19.8. The molecular weight excluding hydrogens is 354 g/mol. The van der Waals surface area contributed by atoms with Gasteiger partial charge in [-0.1, -0.05) is 5.16 Å². The second kappa shape index (κ2) is 7.18. The zero-order valence-electron chi connectivity index (χ0n) is 16.9. The molecule has 0 radical (unpaired) electrons. The van der Waals surface area contributed by atoms with Gasteiger partial charge in [0.1, 0.15) is 5.54 Å². The van der Waals surface area contributed by atoms with Crippen molar-refractivity contribution in [2.75, 3.05) is 6.54 Å². The third-order valence-corrected chi connectivity index (χ3v) is 5.87. The topological polar surface area (TPSA) is 84.2 Å². The smallest absolute Gasteiger partial charge is 0.318 e. The van der Waals surface area contributed by atoms with E-state index in [4.69, 9.17) is 9.51 Å². The Hall–Kier alpha value is -2.44. The van der Waals surface area contributed by atoms with Crippen LogP contribution in [0.5, 0.6) is 0 Å². The number of amides is 2. The van der Waals surface area contributed by atoms with Gasteiger partial charge in [-0.15, -0.1) is 0 Å². The Balaban J connectivity index is 1.53. The number of urea groups is 1. The van der Waals surface area contributed by atoms with Crippen LogP contribution in [-0.2, 0) is 18.4 Å². The summed E-state index contributed by atoms with van der Waals surface area (Å²) in [6.45, 7) is 6.77. The molecule has 3 fully saturated rings. The minimum absolute atomic E-state index is 0.0339. The van der Waals surface area contributed by atoms with E-state index in [1.807, 2.05) is 37.8 Å². The minimum atomic E-state index is -0.466. The maximum Gasteiger partial charge on any atom is 0.318 e. The predicted octanol–water partition coefficient (Wildman–Crippen LogP) is 3.46. The molecule has 4 heterocycles. The Morgan fingerprint density at radius 2 is 1.96 bits per heavy atom. The quantitative estimate of drug-likeness (QED) is 0.874. The molecule has 0 unspecified atom stereocenters. The van der Waals surface area contributed by atoms with Crippen molar-refractivity contribution in [2.45, 2.75) is 70.4 Å². The standard InChI is InChI=1S/C21H29N5O2/c1-20(2,3)24-19(27)26-14-16-6-10-21(26,11-7-16)18-23-17(25-28-18)5-4-15-8-12-22-13-9-15/h8-9,12-13,16H,4-7,10-11,14H2,1-3H3,(H,24,27). The van der Waals surface area contributed by atoms with Gasteiger partial charge in [-0.05, 0) is 76.5 Å². The van der Waals surface area contributed by atoms with E-state index in [0.29, 0.717) is 24.1 Å². The van der Waals surface area contributed by atoms with E-state index in [1.165, 1.54) is 5.56 Å². The summed E-state index contributed by atoms with van der Waals surface area (Å²) in [6, 6.07) is 3.97. The monoisotopic (exact) mass is 383 g/mol. The normalized spacial score (nSPS) is 24.4. The molecule has 2 aliphatic heterocycles. The van der Waals surface area contributed by atoms with Crippen LogP contribution in [0, 0.1) is 5.92 Å². The predicted molar refractivity (Wildman–Crippen MR) is 105 cm³/mol. The number of nitrogens with one attached hydrogen (secondary N) is 1. The third-order valence-electron chi connectivity index (χ3n) is 5.87. The molecule has 28 heavy (non-hydrogen) atoms. The molecule has 1 saturated carbocycles. The van der Waals surface area contributed by atoms with E-state index < -0.39 is 5.54 Å². The Labute approximate surface area is 165 Å². The van der Waals surface area contributed by atoms with Gasteiger partial charge < -0.3 is 14.7 Å². The number of aromatic nitrogens is 3. The van der Waals surface area contributed by atoms with Crippen LogP contribution in [0.4, 0.5) is 4.79 Å². The van der Waals surface area contributed by atoms with Crippen molar-refractivity contribution < 1.29 is 9.32 Å². The average Bonchev–Trinajstić information content (AvgIpc) is 3.16. The van der Waals surface area contributed by atoms with Gasteiger partial charge in [0.15, 0.2) is 5.82 Å². The van der Waals surface area contributed by atoms with Crippen molar-refractivity contribution in [2.24, 2.45) is 5.92 Å². The van der Waals surface area contributed by atoms with Gasteiger partial charge in [-0.25, -0.2) is 4.79 Å². The number of fused-ring (bicyclic) bond motifs is 3. The molecule has 0 aromatic carbocycles. The number of hydrogen-bond acceptors (Lipinski definition) is 5. The molecule has 1 aliphatic carbocycles. The molecule has 0 spiro atoms. The van der Waals surface area contributed by atoms with Gasteiger partial charge in [-0.3, -0.25) is 4.98 Å². The van der Waals surface area contributed by atoms with Crippen LogP contribution in [-0.4, -0.2) is 38.1 Å². The van der Waals surface area contributed by atoms with Gasteiger partial charge in [0, 0.05) is 30.9 Å². The summed E-state index contributed by atoms with van der Waals surface area (Å²) in [5.74, 6) is 1.87. The SMILES string of the molecule is CC(C)(C)NC(=O)N1CC2CCC1(c1nc(CCc3ccncc3)no1)CC2. The molecule has 150 valence electrons. The fourth-order valence-electron chi connectivity index (χ4n) is 4.39.